The number of rotatable bonds is 4. The number of benzene rings is 2. The zero-order valence-electron chi connectivity index (χ0n) is 13.3. The first-order valence-corrected chi connectivity index (χ1v) is 8.08. The Labute approximate surface area is 141 Å². The second-order valence-electron chi connectivity index (χ2n) is 6.08. The Morgan fingerprint density at radius 2 is 1.74 bits per heavy atom. The first-order valence-electron chi connectivity index (χ1n) is 7.71. The van der Waals surface area contributed by atoms with Crippen LogP contribution in [0.1, 0.15) is 21.8 Å². The number of Topliss-reactive ketones (excluding diaryl/α,β-unsaturated/α-hetero) is 1. The van der Waals surface area contributed by atoms with Gasteiger partial charge in [-0.25, -0.2) is 0 Å². The molecule has 0 aliphatic carbocycles. The predicted molar refractivity (Wildman–Crippen MR) is 92.5 cm³/mol. The smallest absolute Gasteiger partial charge is 0.167 e. The van der Waals surface area contributed by atoms with Crippen molar-refractivity contribution >= 4 is 17.4 Å². The summed E-state index contributed by atoms with van der Waals surface area (Å²) in [5.41, 5.74) is 1.91. The fourth-order valence-electron chi connectivity index (χ4n) is 3.28. The zero-order valence-corrected chi connectivity index (χ0v) is 14.1. The van der Waals surface area contributed by atoms with E-state index < -0.39 is 0 Å². The Bertz CT molecular complexity index is 682. The van der Waals surface area contributed by atoms with Gasteiger partial charge in [0.2, 0.25) is 0 Å². The zero-order chi connectivity index (χ0) is 16.4. The van der Waals surface area contributed by atoms with E-state index in [0.717, 1.165) is 29.4 Å². The van der Waals surface area contributed by atoms with E-state index in [9.17, 15) is 4.79 Å². The molecule has 1 aliphatic heterocycles. The molecule has 2 atom stereocenters. The third kappa shape index (κ3) is 3.41. The molecule has 0 amide bonds. The summed E-state index contributed by atoms with van der Waals surface area (Å²) in [6, 6.07) is 15.2. The highest BCUT2D eigenvalue weighted by atomic mass is 35.5. The Hall–Kier alpha value is -1.84. The highest BCUT2D eigenvalue weighted by molar-refractivity contribution is 6.30. The Morgan fingerprint density at radius 3 is 2.35 bits per heavy atom. The van der Waals surface area contributed by atoms with E-state index in [1.54, 1.807) is 7.11 Å². The van der Waals surface area contributed by atoms with Gasteiger partial charge in [-0.05, 0) is 49.0 Å². The van der Waals surface area contributed by atoms with Crippen LogP contribution in [-0.4, -0.2) is 37.9 Å². The van der Waals surface area contributed by atoms with Gasteiger partial charge in [-0.3, -0.25) is 4.79 Å². The van der Waals surface area contributed by atoms with E-state index in [2.05, 4.69) is 11.9 Å². The molecule has 23 heavy (non-hydrogen) atoms. The maximum absolute atomic E-state index is 12.9. The maximum atomic E-state index is 12.9. The number of nitrogens with zero attached hydrogens (tertiary/aromatic N) is 1. The summed E-state index contributed by atoms with van der Waals surface area (Å²) in [7, 11) is 3.68. The average molecular weight is 330 g/mol. The summed E-state index contributed by atoms with van der Waals surface area (Å²) in [6.07, 6.45) is 0. The molecular formula is C19H20ClNO2. The second kappa shape index (κ2) is 6.73. The van der Waals surface area contributed by atoms with Crippen LogP contribution in [0.15, 0.2) is 48.5 Å². The van der Waals surface area contributed by atoms with Crippen molar-refractivity contribution in [3.8, 4) is 5.75 Å². The summed E-state index contributed by atoms with van der Waals surface area (Å²) >= 11 is 5.98. The van der Waals surface area contributed by atoms with Crippen molar-refractivity contribution in [2.24, 2.45) is 5.92 Å². The first-order chi connectivity index (χ1) is 11.1. The fourth-order valence-corrected chi connectivity index (χ4v) is 3.41. The lowest BCUT2D eigenvalue weighted by atomic mass is 9.84. The summed E-state index contributed by atoms with van der Waals surface area (Å²) in [5, 5.41) is 0.720. The largest absolute Gasteiger partial charge is 0.497 e. The Morgan fingerprint density at radius 1 is 1.09 bits per heavy atom. The number of ether oxygens (including phenoxy) is 1. The lowest BCUT2D eigenvalue weighted by Gasteiger charge is -2.18. The van der Waals surface area contributed by atoms with Gasteiger partial charge in [0, 0.05) is 35.5 Å². The van der Waals surface area contributed by atoms with Crippen LogP contribution < -0.4 is 4.74 Å². The third-order valence-corrected chi connectivity index (χ3v) is 4.76. The number of hydrogen-bond donors (Lipinski definition) is 0. The van der Waals surface area contributed by atoms with Gasteiger partial charge in [0.15, 0.2) is 5.78 Å². The van der Waals surface area contributed by atoms with Crippen LogP contribution in [0.2, 0.25) is 5.02 Å². The molecule has 0 spiro atoms. The maximum Gasteiger partial charge on any atom is 0.167 e. The van der Waals surface area contributed by atoms with Gasteiger partial charge in [-0.1, -0.05) is 23.7 Å². The van der Waals surface area contributed by atoms with Crippen molar-refractivity contribution in [3.05, 3.63) is 64.7 Å². The van der Waals surface area contributed by atoms with Gasteiger partial charge in [0.05, 0.1) is 7.11 Å². The van der Waals surface area contributed by atoms with Crippen LogP contribution in [0, 0.1) is 5.92 Å². The molecule has 2 aromatic carbocycles. The van der Waals surface area contributed by atoms with Crippen molar-refractivity contribution in [2.45, 2.75) is 5.92 Å². The van der Waals surface area contributed by atoms with Crippen molar-refractivity contribution in [1.82, 2.24) is 4.90 Å². The molecule has 0 N–H and O–H groups in total. The molecule has 3 rings (SSSR count). The number of carbonyl (C=O) groups excluding carboxylic acids is 1. The van der Waals surface area contributed by atoms with Gasteiger partial charge in [0.25, 0.3) is 0 Å². The minimum atomic E-state index is -0.0328. The first kappa shape index (κ1) is 16.0. The summed E-state index contributed by atoms with van der Waals surface area (Å²) in [6.45, 7) is 1.66. The van der Waals surface area contributed by atoms with Gasteiger partial charge in [-0.15, -0.1) is 0 Å². The van der Waals surface area contributed by atoms with E-state index in [-0.39, 0.29) is 17.6 Å². The quantitative estimate of drug-likeness (QED) is 0.797. The molecule has 0 unspecified atom stereocenters. The molecule has 3 nitrogen and oxygen atoms in total. The number of hydrogen-bond acceptors (Lipinski definition) is 3. The summed E-state index contributed by atoms with van der Waals surface area (Å²) in [4.78, 5) is 15.2. The van der Waals surface area contributed by atoms with Crippen LogP contribution >= 0.6 is 11.6 Å². The van der Waals surface area contributed by atoms with Gasteiger partial charge < -0.3 is 9.64 Å². The van der Waals surface area contributed by atoms with Crippen molar-refractivity contribution in [3.63, 3.8) is 0 Å². The number of carbonyl (C=O) groups is 1. The molecule has 2 aromatic rings. The lowest BCUT2D eigenvalue weighted by molar-refractivity contribution is 0.0915. The normalized spacial score (nSPS) is 21.3. The Kier molecular flexibility index (Phi) is 4.69. The monoisotopic (exact) mass is 329 g/mol. The van der Waals surface area contributed by atoms with Gasteiger partial charge in [-0.2, -0.15) is 0 Å². The number of methoxy groups -OCH3 is 1. The lowest BCUT2D eigenvalue weighted by Crippen LogP contribution is -2.22. The highest BCUT2D eigenvalue weighted by Crippen LogP contribution is 2.34. The van der Waals surface area contributed by atoms with Crippen LogP contribution in [-0.2, 0) is 0 Å². The second-order valence-corrected chi connectivity index (χ2v) is 6.51. The number of likely N-dealkylation sites (tertiary alicyclic amines) is 1. The molecule has 4 heteroatoms. The number of likely N-dealkylation sites (N-methyl/N-ethyl adjacent to an activating group) is 1. The number of halogens is 1. The third-order valence-electron chi connectivity index (χ3n) is 4.51. The van der Waals surface area contributed by atoms with Crippen LogP contribution in [0.3, 0.4) is 0 Å². The topological polar surface area (TPSA) is 29.5 Å². The summed E-state index contributed by atoms with van der Waals surface area (Å²) in [5.74, 6) is 1.12. The standard InChI is InChI=1S/C19H20ClNO2/c1-21-11-17(13-3-7-15(20)8-4-13)18(12-21)19(22)14-5-9-16(23-2)10-6-14/h3-10,17-18H,11-12H2,1-2H3/t17-,18-/m1/s1. The molecule has 1 fully saturated rings. The Balaban J connectivity index is 1.86. The molecule has 120 valence electrons. The van der Waals surface area contributed by atoms with E-state index in [4.69, 9.17) is 16.3 Å². The van der Waals surface area contributed by atoms with Crippen LogP contribution in [0.25, 0.3) is 0 Å². The molecular weight excluding hydrogens is 310 g/mol. The number of ketones is 1. The molecule has 1 saturated heterocycles. The van der Waals surface area contributed by atoms with E-state index >= 15 is 0 Å². The van der Waals surface area contributed by atoms with Crippen molar-refractivity contribution < 1.29 is 9.53 Å². The van der Waals surface area contributed by atoms with Gasteiger partial charge >= 0.3 is 0 Å². The molecule has 0 bridgehead atoms. The van der Waals surface area contributed by atoms with E-state index in [0.29, 0.717) is 0 Å². The molecule has 0 aromatic heterocycles. The molecule has 1 heterocycles. The minimum absolute atomic E-state index is 0.0328. The van der Waals surface area contributed by atoms with E-state index in [1.165, 1.54) is 5.56 Å². The minimum Gasteiger partial charge on any atom is -0.497 e. The molecule has 1 aliphatic rings. The van der Waals surface area contributed by atoms with E-state index in [1.807, 2.05) is 48.5 Å². The molecule has 0 saturated carbocycles. The average Bonchev–Trinajstić information content (AvgIpc) is 2.97. The van der Waals surface area contributed by atoms with Crippen molar-refractivity contribution in [1.29, 1.82) is 0 Å². The van der Waals surface area contributed by atoms with Crippen LogP contribution in [0.4, 0.5) is 0 Å². The predicted octanol–water partition coefficient (Wildman–Crippen LogP) is 3.88. The highest BCUT2D eigenvalue weighted by Gasteiger charge is 2.37. The van der Waals surface area contributed by atoms with Crippen molar-refractivity contribution in [2.75, 3.05) is 27.2 Å². The molecule has 0 radical (unpaired) electrons. The summed E-state index contributed by atoms with van der Waals surface area (Å²) < 4.78 is 5.16. The van der Waals surface area contributed by atoms with Crippen LogP contribution in [0.5, 0.6) is 5.75 Å². The fraction of sp³-hybridized carbons (Fsp3) is 0.316. The van der Waals surface area contributed by atoms with Gasteiger partial charge in [0.1, 0.15) is 5.75 Å². The SMILES string of the molecule is COc1ccc(C(=O)[C@@H]2CN(C)C[C@@H]2c2ccc(Cl)cc2)cc1.